The number of hydrogen-bond acceptors (Lipinski definition) is 1. The van der Waals surface area contributed by atoms with Gasteiger partial charge in [-0.05, 0) is 52.5 Å². The molecule has 0 aliphatic heterocycles. The van der Waals surface area contributed by atoms with E-state index in [2.05, 4.69) is 51.7 Å². The van der Waals surface area contributed by atoms with Crippen LogP contribution in [0.5, 0.6) is 0 Å². The maximum atomic E-state index is 10.5. The second kappa shape index (κ2) is 6.11. The maximum absolute atomic E-state index is 10.5. The van der Waals surface area contributed by atoms with Crippen LogP contribution in [-0.4, -0.2) is 5.11 Å². The topological polar surface area (TPSA) is 20.2 Å². The zero-order valence-electron chi connectivity index (χ0n) is 15.1. The summed E-state index contributed by atoms with van der Waals surface area (Å²) in [5.41, 5.74) is 4.93. The first-order chi connectivity index (χ1) is 11.3. The van der Waals surface area contributed by atoms with Crippen LogP contribution in [0.25, 0.3) is 0 Å². The summed E-state index contributed by atoms with van der Waals surface area (Å²) >= 11 is 0. The first-order valence-electron chi connectivity index (χ1n) is 8.69. The van der Waals surface area contributed by atoms with Crippen molar-refractivity contribution in [1.82, 2.24) is 0 Å². The molecule has 2 aromatic carbocycles. The van der Waals surface area contributed by atoms with Gasteiger partial charge in [-0.25, -0.2) is 0 Å². The molecule has 0 aromatic heterocycles. The summed E-state index contributed by atoms with van der Waals surface area (Å²) in [4.78, 5) is 0. The van der Waals surface area contributed by atoms with E-state index in [1.165, 1.54) is 24.0 Å². The van der Waals surface area contributed by atoms with Crippen LogP contribution in [0.1, 0.15) is 68.9 Å². The van der Waals surface area contributed by atoms with Gasteiger partial charge in [-0.3, -0.25) is 0 Å². The number of fused-ring (bicyclic) bond motifs is 1. The summed E-state index contributed by atoms with van der Waals surface area (Å²) in [6.07, 6.45) is 1.61. The average molecular weight is 318 g/mol. The van der Waals surface area contributed by atoms with Crippen molar-refractivity contribution in [3.8, 4) is 11.8 Å². The molecule has 124 valence electrons. The minimum absolute atomic E-state index is 0.146. The molecule has 2 aromatic rings. The molecule has 0 bridgehead atoms. The van der Waals surface area contributed by atoms with Crippen LogP contribution in [0, 0.1) is 11.8 Å². The van der Waals surface area contributed by atoms with E-state index in [4.69, 9.17) is 0 Å². The largest absolute Gasteiger partial charge is 0.376 e. The Bertz CT molecular complexity index is 788. The third kappa shape index (κ3) is 3.25. The molecular formula is C23H26O. The van der Waals surface area contributed by atoms with E-state index in [1.807, 2.05) is 36.4 Å². The highest BCUT2D eigenvalue weighted by Crippen LogP contribution is 2.46. The van der Waals surface area contributed by atoms with E-state index >= 15 is 0 Å². The van der Waals surface area contributed by atoms with Crippen molar-refractivity contribution in [1.29, 1.82) is 0 Å². The van der Waals surface area contributed by atoms with Gasteiger partial charge in [0, 0.05) is 5.56 Å². The molecule has 0 heterocycles. The van der Waals surface area contributed by atoms with Gasteiger partial charge in [0.15, 0.2) is 0 Å². The Morgan fingerprint density at radius 3 is 2.17 bits per heavy atom. The van der Waals surface area contributed by atoms with Gasteiger partial charge in [0.2, 0.25) is 0 Å². The standard InChI is InChI=1S/C23H26O/c1-22(2)14-15-23(3,4)20-16-18(11-12-19(20)22)21(24)13-10-17-8-6-5-7-9-17/h5-9,11-12,16,21,24H,14-15H2,1-4H3/t21-/m1/s1. The molecule has 1 aliphatic rings. The van der Waals surface area contributed by atoms with Crippen LogP contribution in [0.15, 0.2) is 48.5 Å². The highest BCUT2D eigenvalue weighted by Gasteiger charge is 2.37. The fourth-order valence-electron chi connectivity index (χ4n) is 3.53. The molecule has 1 aliphatic carbocycles. The molecule has 0 amide bonds. The number of rotatable bonds is 1. The molecule has 0 fully saturated rings. The van der Waals surface area contributed by atoms with E-state index in [0.29, 0.717) is 0 Å². The van der Waals surface area contributed by atoms with E-state index < -0.39 is 6.10 Å². The normalized spacial score (nSPS) is 18.9. The number of aliphatic hydroxyl groups excluding tert-OH is 1. The summed E-state index contributed by atoms with van der Waals surface area (Å²) in [7, 11) is 0. The molecule has 24 heavy (non-hydrogen) atoms. The average Bonchev–Trinajstić information content (AvgIpc) is 2.57. The third-order valence-corrected chi connectivity index (χ3v) is 5.32. The molecule has 0 spiro atoms. The molecule has 3 rings (SSSR count). The van der Waals surface area contributed by atoms with Crippen molar-refractivity contribution in [3.63, 3.8) is 0 Å². The number of benzene rings is 2. The zero-order chi connectivity index (χ0) is 17.4. The van der Waals surface area contributed by atoms with Crippen LogP contribution in [0.3, 0.4) is 0 Å². The summed E-state index contributed by atoms with van der Waals surface area (Å²) in [6, 6.07) is 16.2. The van der Waals surface area contributed by atoms with Crippen LogP contribution >= 0.6 is 0 Å². The Balaban J connectivity index is 1.95. The van der Waals surface area contributed by atoms with Gasteiger partial charge in [0.25, 0.3) is 0 Å². The van der Waals surface area contributed by atoms with Crippen LogP contribution in [-0.2, 0) is 10.8 Å². The molecule has 0 unspecified atom stereocenters. The highest BCUT2D eigenvalue weighted by molar-refractivity contribution is 5.45. The molecule has 1 nitrogen and oxygen atoms in total. The minimum atomic E-state index is -0.753. The summed E-state index contributed by atoms with van der Waals surface area (Å²) in [6.45, 7) is 9.22. The molecule has 0 saturated heterocycles. The van der Waals surface area contributed by atoms with Gasteiger partial charge in [-0.2, -0.15) is 0 Å². The van der Waals surface area contributed by atoms with E-state index in [0.717, 1.165) is 11.1 Å². The first-order valence-corrected chi connectivity index (χ1v) is 8.69. The van der Waals surface area contributed by atoms with Crippen molar-refractivity contribution in [2.45, 2.75) is 57.5 Å². The van der Waals surface area contributed by atoms with E-state index in [-0.39, 0.29) is 10.8 Å². The van der Waals surface area contributed by atoms with Crippen molar-refractivity contribution in [2.24, 2.45) is 0 Å². The summed E-state index contributed by atoms with van der Waals surface area (Å²) in [5, 5.41) is 10.5. The Hall–Kier alpha value is -2.04. The second-order valence-corrected chi connectivity index (χ2v) is 8.11. The van der Waals surface area contributed by atoms with Gasteiger partial charge in [0.05, 0.1) is 0 Å². The van der Waals surface area contributed by atoms with E-state index in [1.54, 1.807) is 0 Å². The lowest BCUT2D eigenvalue weighted by molar-refractivity contribution is 0.237. The van der Waals surface area contributed by atoms with Gasteiger partial charge in [-0.1, -0.05) is 75.9 Å². The smallest absolute Gasteiger partial charge is 0.140 e. The van der Waals surface area contributed by atoms with Crippen molar-refractivity contribution in [2.75, 3.05) is 0 Å². The minimum Gasteiger partial charge on any atom is -0.376 e. The molecule has 1 N–H and O–H groups in total. The Morgan fingerprint density at radius 1 is 0.875 bits per heavy atom. The second-order valence-electron chi connectivity index (χ2n) is 8.11. The Kier molecular flexibility index (Phi) is 4.28. The third-order valence-electron chi connectivity index (χ3n) is 5.32. The van der Waals surface area contributed by atoms with Crippen molar-refractivity contribution in [3.05, 3.63) is 70.8 Å². The molecule has 1 heteroatoms. The van der Waals surface area contributed by atoms with Crippen LogP contribution in [0.4, 0.5) is 0 Å². The van der Waals surface area contributed by atoms with Crippen LogP contribution < -0.4 is 0 Å². The lowest BCUT2D eigenvalue weighted by Crippen LogP contribution is -2.34. The van der Waals surface area contributed by atoms with Crippen molar-refractivity contribution < 1.29 is 5.11 Å². The number of aliphatic hydroxyl groups is 1. The van der Waals surface area contributed by atoms with Gasteiger partial charge in [-0.15, -0.1) is 0 Å². The zero-order valence-corrected chi connectivity index (χ0v) is 15.1. The van der Waals surface area contributed by atoms with Gasteiger partial charge in [0.1, 0.15) is 6.10 Å². The lowest BCUT2D eigenvalue weighted by atomic mass is 9.63. The predicted molar refractivity (Wildman–Crippen MR) is 100 cm³/mol. The fraction of sp³-hybridized carbons (Fsp3) is 0.391. The fourth-order valence-corrected chi connectivity index (χ4v) is 3.53. The Labute approximate surface area is 145 Å². The summed E-state index contributed by atoms with van der Waals surface area (Å²) in [5.74, 6) is 6.04. The quantitative estimate of drug-likeness (QED) is 0.724. The first kappa shape index (κ1) is 16.8. The van der Waals surface area contributed by atoms with Crippen LogP contribution in [0.2, 0.25) is 0 Å². The lowest BCUT2D eigenvalue weighted by Gasteiger charge is -2.42. The van der Waals surface area contributed by atoms with Gasteiger partial charge < -0.3 is 5.11 Å². The van der Waals surface area contributed by atoms with Crippen molar-refractivity contribution >= 4 is 0 Å². The Morgan fingerprint density at radius 2 is 1.50 bits per heavy atom. The maximum Gasteiger partial charge on any atom is 0.140 e. The highest BCUT2D eigenvalue weighted by atomic mass is 16.3. The molecule has 0 radical (unpaired) electrons. The van der Waals surface area contributed by atoms with Gasteiger partial charge >= 0.3 is 0 Å². The van der Waals surface area contributed by atoms with E-state index in [9.17, 15) is 5.11 Å². The molecule has 0 saturated carbocycles. The summed E-state index contributed by atoms with van der Waals surface area (Å²) < 4.78 is 0. The predicted octanol–water partition coefficient (Wildman–Crippen LogP) is 5.12. The SMILES string of the molecule is CC1(C)CCC(C)(C)c2cc([C@H](O)C#Cc3ccccc3)ccc21. The molecule has 1 atom stereocenters. The number of hydrogen-bond donors (Lipinski definition) is 1. The monoisotopic (exact) mass is 318 g/mol. The molecular weight excluding hydrogens is 292 g/mol.